The predicted molar refractivity (Wildman–Crippen MR) is 118 cm³/mol. The van der Waals surface area contributed by atoms with Crippen LogP contribution in [0.25, 0.3) is 11.0 Å². The molecule has 0 amide bonds. The summed E-state index contributed by atoms with van der Waals surface area (Å²) in [6, 6.07) is 5.90. The number of pyridine rings is 2. The van der Waals surface area contributed by atoms with Crippen LogP contribution in [0.2, 0.25) is 0 Å². The molecule has 1 aliphatic heterocycles. The molecule has 1 atom stereocenters. The van der Waals surface area contributed by atoms with Gasteiger partial charge in [0.1, 0.15) is 6.10 Å². The highest BCUT2D eigenvalue weighted by Crippen LogP contribution is 2.50. The topological polar surface area (TPSA) is 64.0 Å². The van der Waals surface area contributed by atoms with Crippen LogP contribution < -0.4 is 4.90 Å². The van der Waals surface area contributed by atoms with Gasteiger partial charge in [0, 0.05) is 35.4 Å². The second kappa shape index (κ2) is 8.20. The lowest BCUT2D eigenvalue weighted by Gasteiger charge is -2.37. The minimum atomic E-state index is -4.16. The predicted octanol–water partition coefficient (Wildman–Crippen LogP) is 4.98. The molecule has 1 saturated heterocycles. The van der Waals surface area contributed by atoms with Crippen LogP contribution in [0.15, 0.2) is 24.4 Å². The van der Waals surface area contributed by atoms with E-state index in [0.29, 0.717) is 37.0 Å². The molecule has 174 valence electrons. The molecular weight excluding hydrogens is 431 g/mol. The number of ether oxygens (including phenoxy) is 1. The van der Waals surface area contributed by atoms with Crippen LogP contribution in [-0.4, -0.2) is 45.8 Å². The quantitative estimate of drug-likeness (QED) is 0.553. The molecule has 33 heavy (non-hydrogen) atoms. The van der Waals surface area contributed by atoms with E-state index in [4.69, 9.17) is 14.7 Å². The molecule has 4 heterocycles. The summed E-state index contributed by atoms with van der Waals surface area (Å²) >= 11 is 0. The molecule has 2 fully saturated rings. The number of halogens is 3. The lowest BCUT2D eigenvalue weighted by Crippen LogP contribution is -2.40. The molecule has 1 aliphatic carbocycles. The fraction of sp³-hybridized carbons (Fsp3) is 0.500. The Bertz CT molecular complexity index is 1190. The zero-order valence-electron chi connectivity index (χ0n) is 18.9. The second-order valence-corrected chi connectivity index (χ2v) is 9.11. The fourth-order valence-corrected chi connectivity index (χ4v) is 4.62. The van der Waals surface area contributed by atoms with E-state index in [2.05, 4.69) is 9.97 Å². The van der Waals surface area contributed by atoms with Crippen molar-refractivity contribution in [3.63, 3.8) is 0 Å². The van der Waals surface area contributed by atoms with Crippen LogP contribution in [0.1, 0.15) is 53.1 Å². The van der Waals surface area contributed by atoms with Gasteiger partial charge in [-0.1, -0.05) is 0 Å². The van der Waals surface area contributed by atoms with Crippen molar-refractivity contribution < 1.29 is 17.9 Å². The smallest absolute Gasteiger partial charge is 0.370 e. The summed E-state index contributed by atoms with van der Waals surface area (Å²) in [4.78, 5) is 20.5. The first-order valence-electron chi connectivity index (χ1n) is 11.2. The first kappa shape index (κ1) is 22.0. The van der Waals surface area contributed by atoms with Gasteiger partial charge in [-0.05, 0) is 62.9 Å². The molecule has 0 N–H and O–H groups in total. The molecule has 0 radical (unpaired) electrons. The standard InChI is InChI=1S/C24H26F3N5O/c1-13-8-19-21(17-10-18(11-17)24(25,26)27)30-23(31-22(19)29-15(13)3)32-6-7-33-20(12-32)16-4-5-28-14(2)9-16/h4-5,8-9,17-18,20H,6-7,10-12H2,1-3H3/t17-,18-,20-/m0/s1. The maximum Gasteiger partial charge on any atom is 0.391 e. The molecule has 0 unspecified atom stereocenters. The minimum Gasteiger partial charge on any atom is -0.370 e. The summed E-state index contributed by atoms with van der Waals surface area (Å²) in [7, 11) is 0. The summed E-state index contributed by atoms with van der Waals surface area (Å²) in [6.45, 7) is 7.45. The van der Waals surface area contributed by atoms with E-state index in [1.165, 1.54) is 0 Å². The number of aryl methyl sites for hydroxylation is 3. The van der Waals surface area contributed by atoms with E-state index < -0.39 is 12.1 Å². The van der Waals surface area contributed by atoms with E-state index in [1.807, 2.05) is 43.9 Å². The van der Waals surface area contributed by atoms with E-state index in [-0.39, 0.29) is 24.9 Å². The molecule has 0 aromatic carbocycles. The van der Waals surface area contributed by atoms with Gasteiger partial charge >= 0.3 is 6.18 Å². The Labute approximate surface area is 190 Å². The van der Waals surface area contributed by atoms with Crippen LogP contribution in [0, 0.1) is 26.7 Å². The molecular formula is C24H26F3N5O. The highest BCUT2D eigenvalue weighted by atomic mass is 19.4. The van der Waals surface area contributed by atoms with Crippen molar-refractivity contribution in [2.24, 2.45) is 5.92 Å². The third kappa shape index (κ3) is 4.26. The van der Waals surface area contributed by atoms with E-state index in [1.54, 1.807) is 6.20 Å². The second-order valence-electron chi connectivity index (χ2n) is 9.11. The van der Waals surface area contributed by atoms with Crippen molar-refractivity contribution in [1.82, 2.24) is 19.9 Å². The molecule has 3 aromatic rings. The number of fused-ring (bicyclic) bond motifs is 1. The van der Waals surface area contributed by atoms with Crippen molar-refractivity contribution in [3.8, 4) is 0 Å². The molecule has 0 spiro atoms. The lowest BCUT2D eigenvalue weighted by molar-refractivity contribution is -0.197. The molecule has 1 saturated carbocycles. The Morgan fingerprint density at radius 2 is 1.85 bits per heavy atom. The fourth-order valence-electron chi connectivity index (χ4n) is 4.62. The average molecular weight is 458 g/mol. The summed E-state index contributed by atoms with van der Waals surface area (Å²) in [5.41, 5.74) is 4.99. The number of morpholine rings is 1. The summed E-state index contributed by atoms with van der Waals surface area (Å²) < 4.78 is 45.4. The number of nitrogens with zero attached hydrogens (tertiary/aromatic N) is 5. The third-order valence-electron chi connectivity index (χ3n) is 6.78. The molecule has 5 rings (SSSR count). The largest absolute Gasteiger partial charge is 0.391 e. The van der Waals surface area contributed by atoms with Gasteiger partial charge in [-0.2, -0.15) is 18.2 Å². The van der Waals surface area contributed by atoms with Crippen molar-refractivity contribution >= 4 is 17.0 Å². The number of alkyl halides is 3. The van der Waals surface area contributed by atoms with Crippen molar-refractivity contribution in [1.29, 1.82) is 0 Å². The number of rotatable bonds is 3. The first-order valence-corrected chi connectivity index (χ1v) is 11.2. The number of hydrogen-bond acceptors (Lipinski definition) is 6. The van der Waals surface area contributed by atoms with Gasteiger partial charge in [0.2, 0.25) is 5.95 Å². The number of aromatic nitrogens is 4. The normalized spacial score (nSPS) is 23.6. The van der Waals surface area contributed by atoms with Gasteiger partial charge in [0.15, 0.2) is 5.65 Å². The lowest BCUT2D eigenvalue weighted by atomic mass is 9.72. The van der Waals surface area contributed by atoms with Gasteiger partial charge in [0.25, 0.3) is 0 Å². The molecule has 3 aromatic heterocycles. The highest BCUT2D eigenvalue weighted by Gasteiger charge is 2.49. The van der Waals surface area contributed by atoms with Gasteiger partial charge < -0.3 is 9.64 Å². The Kier molecular flexibility index (Phi) is 5.47. The molecule has 2 aliphatic rings. The maximum absolute atomic E-state index is 13.2. The zero-order chi connectivity index (χ0) is 23.3. The molecule has 9 heteroatoms. The summed E-state index contributed by atoms with van der Waals surface area (Å²) in [6.07, 6.45) is -2.43. The Morgan fingerprint density at radius 1 is 1.06 bits per heavy atom. The van der Waals surface area contributed by atoms with Crippen LogP contribution in [0.4, 0.5) is 19.1 Å². The highest BCUT2D eigenvalue weighted by molar-refractivity contribution is 5.80. The third-order valence-corrected chi connectivity index (χ3v) is 6.78. The van der Waals surface area contributed by atoms with E-state index in [0.717, 1.165) is 27.9 Å². The van der Waals surface area contributed by atoms with Gasteiger partial charge in [0.05, 0.1) is 24.8 Å². The maximum atomic E-state index is 13.2. The monoisotopic (exact) mass is 457 g/mol. The van der Waals surface area contributed by atoms with Gasteiger partial charge in [-0.25, -0.2) is 9.97 Å². The zero-order valence-corrected chi connectivity index (χ0v) is 18.9. The summed E-state index contributed by atoms with van der Waals surface area (Å²) in [5.74, 6) is -1.01. The van der Waals surface area contributed by atoms with Crippen LogP contribution >= 0.6 is 0 Å². The van der Waals surface area contributed by atoms with Gasteiger partial charge in [-0.3, -0.25) is 4.98 Å². The number of hydrogen-bond donors (Lipinski definition) is 0. The van der Waals surface area contributed by atoms with Crippen molar-refractivity contribution in [2.75, 3.05) is 24.6 Å². The van der Waals surface area contributed by atoms with Crippen LogP contribution in [0.3, 0.4) is 0 Å². The molecule has 0 bridgehead atoms. The first-order chi connectivity index (χ1) is 15.7. The van der Waals surface area contributed by atoms with Gasteiger partial charge in [-0.15, -0.1) is 0 Å². The number of anilines is 1. The Hall–Kier alpha value is -2.81. The average Bonchev–Trinajstić information content (AvgIpc) is 2.73. The van der Waals surface area contributed by atoms with Crippen molar-refractivity contribution in [2.45, 2.75) is 51.8 Å². The van der Waals surface area contributed by atoms with E-state index >= 15 is 0 Å². The summed E-state index contributed by atoms with van der Waals surface area (Å²) in [5, 5.41) is 0.752. The minimum absolute atomic E-state index is 0.0595. The van der Waals surface area contributed by atoms with Crippen LogP contribution in [0.5, 0.6) is 0 Å². The Morgan fingerprint density at radius 3 is 2.58 bits per heavy atom. The SMILES string of the molecule is Cc1cc([C@@H]2CN(c3nc4nc(C)c(C)cc4c([C@H]4C[C@H](C(F)(F)F)C4)n3)CCO2)ccn1. The van der Waals surface area contributed by atoms with Crippen molar-refractivity contribution in [3.05, 3.63) is 52.6 Å². The van der Waals surface area contributed by atoms with Crippen LogP contribution in [-0.2, 0) is 4.74 Å². The van der Waals surface area contributed by atoms with E-state index in [9.17, 15) is 13.2 Å². The Balaban J connectivity index is 1.50. The molecule has 6 nitrogen and oxygen atoms in total.